The number of H-pyrrole nitrogens is 1. The van der Waals surface area contributed by atoms with E-state index in [0.717, 1.165) is 11.0 Å². The van der Waals surface area contributed by atoms with Crippen molar-refractivity contribution in [3.8, 4) is 17.2 Å². The van der Waals surface area contributed by atoms with Crippen LogP contribution < -0.4 is 19.9 Å². The molecule has 0 unspecified atom stereocenters. The van der Waals surface area contributed by atoms with Crippen molar-refractivity contribution in [2.45, 2.75) is 13.0 Å². The van der Waals surface area contributed by atoms with Gasteiger partial charge in [0.1, 0.15) is 5.56 Å². The maximum absolute atomic E-state index is 12.5. The fourth-order valence-corrected chi connectivity index (χ4v) is 3.06. The number of methoxy groups -OCH3 is 3. The third-order valence-corrected chi connectivity index (χ3v) is 4.36. The third kappa shape index (κ3) is 3.66. The summed E-state index contributed by atoms with van der Waals surface area (Å²) in [6, 6.07) is 10.6. The highest BCUT2D eigenvalue weighted by Gasteiger charge is 2.21. The van der Waals surface area contributed by atoms with Gasteiger partial charge in [0.2, 0.25) is 5.75 Å². The highest BCUT2D eigenvalue weighted by Crippen LogP contribution is 2.39. The maximum atomic E-state index is 12.5. The van der Waals surface area contributed by atoms with Crippen molar-refractivity contribution in [1.29, 1.82) is 0 Å². The molecule has 8 nitrogen and oxygen atoms in total. The molecule has 0 saturated heterocycles. The molecule has 148 valence electrons. The summed E-state index contributed by atoms with van der Waals surface area (Å²) >= 11 is 0. The van der Waals surface area contributed by atoms with Crippen molar-refractivity contribution < 1.29 is 23.7 Å². The average Bonchev–Trinajstić information content (AvgIpc) is 3.04. The minimum atomic E-state index is -0.538. The van der Waals surface area contributed by atoms with Crippen LogP contribution in [0.5, 0.6) is 17.2 Å². The molecule has 0 aliphatic heterocycles. The van der Waals surface area contributed by atoms with Crippen molar-refractivity contribution in [1.82, 2.24) is 9.55 Å². The molecule has 0 saturated carbocycles. The number of aryl methyl sites for hydroxylation is 1. The molecule has 0 spiro atoms. The number of esters is 1. The monoisotopic (exact) mass is 386 g/mol. The first kappa shape index (κ1) is 19.3. The molecule has 0 amide bonds. The maximum Gasteiger partial charge on any atom is 0.342 e. The van der Waals surface area contributed by atoms with Gasteiger partial charge in [0, 0.05) is 6.54 Å². The second-order valence-corrected chi connectivity index (χ2v) is 5.97. The average molecular weight is 386 g/mol. The van der Waals surface area contributed by atoms with Crippen LogP contribution in [0.3, 0.4) is 0 Å². The van der Waals surface area contributed by atoms with E-state index in [1.165, 1.54) is 21.3 Å². The Morgan fingerprint density at radius 1 is 1.00 bits per heavy atom. The molecule has 1 heterocycles. The number of nitrogens with zero attached hydrogens (tertiary/aromatic N) is 1. The summed E-state index contributed by atoms with van der Waals surface area (Å²) in [6.45, 7) is 0.585. The Hall–Kier alpha value is -3.42. The SMILES string of the molecule is COc1ccc(C(=O)OCCCn2c(=O)[nH]c3ccccc32)c(OC)c1OC. The van der Waals surface area contributed by atoms with E-state index in [2.05, 4.69) is 4.98 Å². The van der Waals surface area contributed by atoms with E-state index in [0.29, 0.717) is 24.5 Å². The van der Waals surface area contributed by atoms with Crippen LogP contribution >= 0.6 is 0 Å². The van der Waals surface area contributed by atoms with Gasteiger partial charge < -0.3 is 23.9 Å². The summed E-state index contributed by atoms with van der Waals surface area (Å²) in [4.78, 5) is 27.3. The number of rotatable bonds is 8. The molecular weight excluding hydrogens is 364 g/mol. The van der Waals surface area contributed by atoms with Gasteiger partial charge in [-0.1, -0.05) is 12.1 Å². The molecule has 0 bridgehead atoms. The molecule has 1 aromatic heterocycles. The summed E-state index contributed by atoms with van der Waals surface area (Å²) in [5, 5.41) is 0. The van der Waals surface area contributed by atoms with Gasteiger partial charge in [0.15, 0.2) is 11.5 Å². The Morgan fingerprint density at radius 2 is 1.75 bits per heavy atom. The van der Waals surface area contributed by atoms with Crippen LogP contribution in [-0.2, 0) is 11.3 Å². The lowest BCUT2D eigenvalue weighted by Crippen LogP contribution is -2.18. The summed E-state index contributed by atoms with van der Waals surface area (Å²) in [7, 11) is 4.41. The van der Waals surface area contributed by atoms with Gasteiger partial charge in [-0.15, -0.1) is 0 Å². The lowest BCUT2D eigenvalue weighted by Gasteiger charge is -2.15. The van der Waals surface area contributed by atoms with E-state index in [-0.39, 0.29) is 23.6 Å². The zero-order chi connectivity index (χ0) is 20.1. The number of para-hydroxylation sites is 2. The standard InChI is InChI=1S/C20H22N2O6/c1-25-16-10-9-13(17(26-2)18(16)27-3)19(23)28-12-6-11-22-15-8-5-4-7-14(15)21-20(22)24/h4-5,7-10H,6,11-12H2,1-3H3,(H,21,24). The quantitative estimate of drug-likeness (QED) is 0.473. The van der Waals surface area contributed by atoms with E-state index >= 15 is 0 Å². The summed E-state index contributed by atoms with van der Waals surface area (Å²) in [5.41, 5.74) is 1.65. The number of hydrogen-bond donors (Lipinski definition) is 1. The molecule has 3 rings (SSSR count). The van der Waals surface area contributed by atoms with Crippen LogP contribution in [0.15, 0.2) is 41.2 Å². The number of aromatic amines is 1. The molecule has 0 aliphatic carbocycles. The topological polar surface area (TPSA) is 91.8 Å². The van der Waals surface area contributed by atoms with E-state index in [1.54, 1.807) is 16.7 Å². The smallest absolute Gasteiger partial charge is 0.342 e. The first-order valence-corrected chi connectivity index (χ1v) is 8.74. The van der Waals surface area contributed by atoms with E-state index in [4.69, 9.17) is 18.9 Å². The number of benzene rings is 2. The van der Waals surface area contributed by atoms with Crippen LogP contribution in [-0.4, -0.2) is 43.5 Å². The Labute approximate surface area is 161 Å². The number of fused-ring (bicyclic) bond motifs is 1. The molecule has 1 N–H and O–H groups in total. The van der Waals surface area contributed by atoms with Gasteiger partial charge in [-0.25, -0.2) is 9.59 Å². The van der Waals surface area contributed by atoms with Gasteiger partial charge >= 0.3 is 11.7 Å². The Morgan fingerprint density at radius 3 is 2.46 bits per heavy atom. The van der Waals surface area contributed by atoms with Gasteiger partial charge in [-0.2, -0.15) is 0 Å². The Balaban J connectivity index is 1.66. The highest BCUT2D eigenvalue weighted by atomic mass is 16.5. The fourth-order valence-electron chi connectivity index (χ4n) is 3.06. The largest absolute Gasteiger partial charge is 0.493 e. The number of hydrogen-bond acceptors (Lipinski definition) is 6. The van der Waals surface area contributed by atoms with Crippen molar-refractivity contribution in [2.75, 3.05) is 27.9 Å². The summed E-state index contributed by atoms with van der Waals surface area (Å²) < 4.78 is 22.8. The van der Waals surface area contributed by atoms with Crippen LogP contribution in [0.1, 0.15) is 16.8 Å². The second-order valence-electron chi connectivity index (χ2n) is 5.97. The molecule has 2 aromatic carbocycles. The second kappa shape index (κ2) is 8.51. The molecular formula is C20H22N2O6. The van der Waals surface area contributed by atoms with Crippen LogP contribution in [0.25, 0.3) is 11.0 Å². The summed E-state index contributed by atoms with van der Waals surface area (Å²) in [6.07, 6.45) is 0.489. The highest BCUT2D eigenvalue weighted by molar-refractivity contribution is 5.94. The normalized spacial score (nSPS) is 10.7. The number of nitrogens with one attached hydrogen (secondary N) is 1. The lowest BCUT2D eigenvalue weighted by atomic mass is 10.1. The first-order valence-electron chi connectivity index (χ1n) is 8.74. The zero-order valence-corrected chi connectivity index (χ0v) is 16.0. The lowest BCUT2D eigenvalue weighted by molar-refractivity contribution is 0.0491. The molecule has 0 aliphatic rings. The number of carbonyl (C=O) groups excluding carboxylic acids is 1. The first-order chi connectivity index (χ1) is 13.6. The van der Waals surface area contributed by atoms with Gasteiger partial charge in [0.25, 0.3) is 0 Å². The van der Waals surface area contributed by atoms with Crippen molar-refractivity contribution in [2.24, 2.45) is 0 Å². The molecule has 0 fully saturated rings. The third-order valence-electron chi connectivity index (χ3n) is 4.36. The Bertz CT molecular complexity index is 1040. The minimum Gasteiger partial charge on any atom is -0.493 e. The molecule has 28 heavy (non-hydrogen) atoms. The van der Waals surface area contributed by atoms with E-state index in [1.807, 2.05) is 24.3 Å². The Kier molecular flexibility index (Phi) is 5.88. The minimum absolute atomic E-state index is 0.155. The molecule has 8 heteroatoms. The number of carbonyl (C=O) groups is 1. The fraction of sp³-hybridized carbons (Fsp3) is 0.300. The number of imidazole rings is 1. The number of ether oxygens (including phenoxy) is 4. The molecule has 0 atom stereocenters. The van der Waals surface area contributed by atoms with Gasteiger partial charge in [-0.3, -0.25) is 4.57 Å². The summed E-state index contributed by atoms with van der Waals surface area (Å²) in [5.74, 6) is 0.489. The van der Waals surface area contributed by atoms with Crippen molar-refractivity contribution >= 4 is 17.0 Å². The zero-order valence-electron chi connectivity index (χ0n) is 16.0. The molecule has 3 aromatic rings. The predicted molar refractivity (Wildman–Crippen MR) is 104 cm³/mol. The van der Waals surface area contributed by atoms with Crippen LogP contribution in [0, 0.1) is 0 Å². The van der Waals surface area contributed by atoms with Gasteiger partial charge in [0.05, 0.1) is 39.0 Å². The van der Waals surface area contributed by atoms with E-state index < -0.39 is 5.97 Å². The van der Waals surface area contributed by atoms with Crippen LogP contribution in [0.2, 0.25) is 0 Å². The number of aromatic nitrogens is 2. The van der Waals surface area contributed by atoms with Crippen molar-refractivity contribution in [3.05, 3.63) is 52.4 Å². The van der Waals surface area contributed by atoms with E-state index in [9.17, 15) is 9.59 Å². The molecule has 0 radical (unpaired) electrons. The van der Waals surface area contributed by atoms with Crippen molar-refractivity contribution in [3.63, 3.8) is 0 Å². The van der Waals surface area contributed by atoms with Gasteiger partial charge in [-0.05, 0) is 30.7 Å². The predicted octanol–water partition coefficient (Wildman–Crippen LogP) is 2.60. The van der Waals surface area contributed by atoms with Crippen LogP contribution in [0.4, 0.5) is 0 Å².